The summed E-state index contributed by atoms with van der Waals surface area (Å²) in [6.07, 6.45) is 0. The third-order valence-corrected chi connectivity index (χ3v) is 4.78. The molecule has 0 unspecified atom stereocenters. The van der Waals surface area contributed by atoms with Gasteiger partial charge in [-0.2, -0.15) is 0 Å². The predicted octanol–water partition coefficient (Wildman–Crippen LogP) is 4.39. The average Bonchev–Trinajstić information content (AvgIpc) is 3.08. The Morgan fingerprint density at radius 3 is 2.48 bits per heavy atom. The zero-order valence-electron chi connectivity index (χ0n) is 16.7. The van der Waals surface area contributed by atoms with Crippen LogP contribution in [0.5, 0.6) is 0 Å². The van der Waals surface area contributed by atoms with Crippen molar-refractivity contribution in [3.05, 3.63) is 88.5 Å². The van der Waals surface area contributed by atoms with E-state index < -0.39 is 0 Å². The molecular formula is C23H22N4O2. The van der Waals surface area contributed by atoms with Gasteiger partial charge in [-0.3, -0.25) is 9.78 Å². The van der Waals surface area contributed by atoms with Crippen LogP contribution in [-0.2, 0) is 13.1 Å². The minimum absolute atomic E-state index is 0.0982. The summed E-state index contributed by atoms with van der Waals surface area (Å²) < 4.78 is 5.31. The second-order valence-corrected chi connectivity index (χ2v) is 7.18. The van der Waals surface area contributed by atoms with E-state index in [0.29, 0.717) is 41.1 Å². The number of aromatic nitrogens is 3. The number of aryl methyl sites for hydroxylation is 3. The summed E-state index contributed by atoms with van der Waals surface area (Å²) >= 11 is 0. The van der Waals surface area contributed by atoms with E-state index in [1.165, 1.54) is 0 Å². The van der Waals surface area contributed by atoms with E-state index in [1.807, 2.05) is 69.3 Å². The molecule has 0 N–H and O–H groups in total. The molecule has 1 aromatic carbocycles. The van der Waals surface area contributed by atoms with Crippen LogP contribution in [0.1, 0.15) is 38.7 Å². The minimum Gasteiger partial charge on any atom is -0.336 e. The normalized spacial score (nSPS) is 11.0. The lowest BCUT2D eigenvalue weighted by atomic mass is 10.1. The van der Waals surface area contributed by atoms with Crippen molar-refractivity contribution in [1.82, 2.24) is 20.0 Å². The molecule has 6 heteroatoms. The molecule has 29 heavy (non-hydrogen) atoms. The van der Waals surface area contributed by atoms with E-state index in [4.69, 9.17) is 4.52 Å². The molecule has 0 aliphatic rings. The Bertz CT molecular complexity index is 1170. The number of benzene rings is 1. The van der Waals surface area contributed by atoms with Crippen LogP contribution in [0.15, 0.2) is 59.1 Å². The second kappa shape index (κ2) is 7.83. The smallest absolute Gasteiger partial charge is 0.258 e. The highest BCUT2D eigenvalue weighted by molar-refractivity contribution is 6.06. The minimum atomic E-state index is -0.0982. The van der Waals surface area contributed by atoms with Crippen molar-refractivity contribution in [1.29, 1.82) is 0 Å². The maximum atomic E-state index is 13.7. The van der Waals surface area contributed by atoms with Crippen molar-refractivity contribution < 1.29 is 9.32 Å². The lowest BCUT2D eigenvalue weighted by Crippen LogP contribution is -2.31. The quantitative estimate of drug-likeness (QED) is 0.509. The molecule has 0 aliphatic carbocycles. The third kappa shape index (κ3) is 4.01. The summed E-state index contributed by atoms with van der Waals surface area (Å²) in [6, 6.07) is 17.6. The fraction of sp³-hybridized carbons (Fsp3) is 0.217. The van der Waals surface area contributed by atoms with Crippen molar-refractivity contribution >= 4 is 17.0 Å². The molecule has 0 fully saturated rings. The summed E-state index contributed by atoms with van der Waals surface area (Å²) in [4.78, 5) is 24.4. The van der Waals surface area contributed by atoms with Crippen molar-refractivity contribution in [2.45, 2.75) is 33.9 Å². The lowest BCUT2D eigenvalue weighted by Gasteiger charge is -2.23. The van der Waals surface area contributed by atoms with E-state index in [0.717, 1.165) is 17.0 Å². The number of fused-ring (bicyclic) bond motifs is 1. The summed E-state index contributed by atoms with van der Waals surface area (Å²) in [6.45, 7) is 6.50. The average molecular weight is 386 g/mol. The summed E-state index contributed by atoms with van der Waals surface area (Å²) in [5, 5.41) is 4.66. The number of hydrogen-bond donors (Lipinski definition) is 0. The van der Waals surface area contributed by atoms with Crippen LogP contribution >= 0.6 is 0 Å². The van der Waals surface area contributed by atoms with Crippen LogP contribution in [0.25, 0.3) is 11.1 Å². The van der Waals surface area contributed by atoms with Crippen LogP contribution in [-0.4, -0.2) is 25.9 Å². The Hall–Kier alpha value is -3.54. The largest absolute Gasteiger partial charge is 0.336 e. The third-order valence-electron chi connectivity index (χ3n) is 4.78. The predicted molar refractivity (Wildman–Crippen MR) is 110 cm³/mol. The van der Waals surface area contributed by atoms with E-state index in [1.54, 1.807) is 11.0 Å². The molecule has 0 aliphatic heterocycles. The van der Waals surface area contributed by atoms with Gasteiger partial charge in [-0.15, -0.1) is 0 Å². The first-order valence-electron chi connectivity index (χ1n) is 9.50. The van der Waals surface area contributed by atoms with Crippen LogP contribution < -0.4 is 0 Å². The molecule has 0 spiro atoms. The van der Waals surface area contributed by atoms with Gasteiger partial charge in [0.05, 0.1) is 28.9 Å². The molecule has 0 saturated carbocycles. The van der Waals surface area contributed by atoms with Gasteiger partial charge in [0.15, 0.2) is 0 Å². The van der Waals surface area contributed by atoms with Gasteiger partial charge in [0.25, 0.3) is 11.6 Å². The number of pyridine rings is 2. The second-order valence-electron chi connectivity index (χ2n) is 7.18. The molecule has 0 atom stereocenters. The van der Waals surface area contributed by atoms with E-state index in [9.17, 15) is 4.79 Å². The van der Waals surface area contributed by atoms with Crippen LogP contribution in [0.4, 0.5) is 0 Å². The Morgan fingerprint density at radius 2 is 1.72 bits per heavy atom. The van der Waals surface area contributed by atoms with Gasteiger partial charge in [0.2, 0.25) is 0 Å². The van der Waals surface area contributed by atoms with Crippen molar-refractivity contribution in [3.8, 4) is 0 Å². The Labute approximate surface area is 169 Å². The summed E-state index contributed by atoms with van der Waals surface area (Å²) in [5.41, 5.74) is 5.13. The Morgan fingerprint density at radius 1 is 0.931 bits per heavy atom. The monoisotopic (exact) mass is 386 g/mol. The lowest BCUT2D eigenvalue weighted by molar-refractivity contribution is 0.0729. The highest BCUT2D eigenvalue weighted by Crippen LogP contribution is 2.24. The maximum absolute atomic E-state index is 13.7. The van der Waals surface area contributed by atoms with Gasteiger partial charge in [0.1, 0.15) is 0 Å². The molecule has 4 aromatic rings. The topological polar surface area (TPSA) is 72.1 Å². The molecule has 1 amide bonds. The number of rotatable bonds is 5. The Balaban J connectivity index is 1.76. The first-order valence-corrected chi connectivity index (χ1v) is 9.50. The SMILES string of the molecule is Cc1cccc(CN(Cc2ccccc2)C(=O)c2cc(C)nc3onc(C)c23)n1. The molecule has 0 radical (unpaired) electrons. The molecule has 6 nitrogen and oxygen atoms in total. The van der Waals surface area contributed by atoms with Crippen LogP contribution in [0, 0.1) is 20.8 Å². The van der Waals surface area contributed by atoms with Crippen LogP contribution in [0.2, 0.25) is 0 Å². The van der Waals surface area contributed by atoms with Gasteiger partial charge >= 0.3 is 0 Å². The van der Waals surface area contributed by atoms with Crippen molar-refractivity contribution in [2.75, 3.05) is 0 Å². The number of hydrogen-bond acceptors (Lipinski definition) is 5. The van der Waals surface area contributed by atoms with E-state index >= 15 is 0 Å². The standard InChI is InChI=1S/C23H22N4O2/c1-15-8-7-11-19(24-15)14-27(13-18-9-5-4-6-10-18)23(28)20-12-16(2)25-22-21(20)17(3)26-29-22/h4-12H,13-14H2,1-3H3. The van der Waals surface area contributed by atoms with Crippen LogP contribution in [0.3, 0.4) is 0 Å². The first-order chi connectivity index (χ1) is 14.0. The summed E-state index contributed by atoms with van der Waals surface area (Å²) in [5.74, 6) is -0.0982. The van der Waals surface area contributed by atoms with Gasteiger partial charge in [-0.05, 0) is 44.5 Å². The molecule has 0 bridgehead atoms. The van der Waals surface area contributed by atoms with Gasteiger partial charge < -0.3 is 9.42 Å². The number of amides is 1. The number of carbonyl (C=O) groups excluding carboxylic acids is 1. The van der Waals surface area contributed by atoms with Gasteiger partial charge in [0, 0.05) is 17.9 Å². The van der Waals surface area contributed by atoms with Crippen molar-refractivity contribution in [3.63, 3.8) is 0 Å². The van der Waals surface area contributed by atoms with Gasteiger partial charge in [-0.1, -0.05) is 41.6 Å². The molecule has 146 valence electrons. The van der Waals surface area contributed by atoms with E-state index in [2.05, 4.69) is 15.1 Å². The number of nitrogens with zero attached hydrogens (tertiary/aromatic N) is 4. The van der Waals surface area contributed by atoms with Crippen molar-refractivity contribution in [2.24, 2.45) is 0 Å². The number of carbonyl (C=O) groups is 1. The fourth-order valence-electron chi connectivity index (χ4n) is 3.44. The molecule has 0 saturated heterocycles. The molecular weight excluding hydrogens is 364 g/mol. The zero-order chi connectivity index (χ0) is 20.4. The molecule has 4 rings (SSSR count). The highest BCUT2D eigenvalue weighted by atomic mass is 16.5. The highest BCUT2D eigenvalue weighted by Gasteiger charge is 2.23. The molecule has 3 aromatic heterocycles. The van der Waals surface area contributed by atoms with Gasteiger partial charge in [-0.25, -0.2) is 4.98 Å². The maximum Gasteiger partial charge on any atom is 0.258 e. The molecule has 3 heterocycles. The van der Waals surface area contributed by atoms with E-state index in [-0.39, 0.29) is 5.91 Å². The summed E-state index contributed by atoms with van der Waals surface area (Å²) in [7, 11) is 0. The Kier molecular flexibility index (Phi) is 5.08. The first kappa shape index (κ1) is 18.8. The zero-order valence-corrected chi connectivity index (χ0v) is 16.7. The fourth-order valence-corrected chi connectivity index (χ4v) is 3.44.